The van der Waals surface area contributed by atoms with E-state index in [1.165, 1.54) is 63.5 Å². The summed E-state index contributed by atoms with van der Waals surface area (Å²) in [7, 11) is 0. The first-order chi connectivity index (χ1) is 12.6. The number of rotatable bonds is 15. The lowest BCUT2D eigenvalue weighted by atomic mass is 10.1. The van der Waals surface area contributed by atoms with Crippen LogP contribution in [0.5, 0.6) is 0 Å². The van der Waals surface area contributed by atoms with Gasteiger partial charge in [-0.25, -0.2) is 0 Å². The predicted molar refractivity (Wildman–Crippen MR) is 101 cm³/mol. The number of hydrogen-bond donors (Lipinski definition) is 1. The Labute approximate surface area is 156 Å². The number of nitrogens with one attached hydrogen (secondary N) is 1. The summed E-state index contributed by atoms with van der Waals surface area (Å²) in [6.45, 7) is 4.26. The van der Waals surface area contributed by atoms with Gasteiger partial charge in [-0.1, -0.05) is 76.5 Å². The van der Waals surface area contributed by atoms with Gasteiger partial charge in [0.2, 0.25) is 0 Å². The average molecular weight is 374 g/mol. The Hall–Kier alpha value is -1.07. The van der Waals surface area contributed by atoms with E-state index in [-0.39, 0.29) is 12.1 Å². The maximum absolute atomic E-state index is 12.9. The van der Waals surface area contributed by atoms with Gasteiger partial charge in [-0.15, -0.1) is 0 Å². The molecule has 0 amide bonds. The van der Waals surface area contributed by atoms with Crippen LogP contribution in [0.2, 0.25) is 0 Å². The normalized spacial score (nSPS) is 11.8. The summed E-state index contributed by atoms with van der Waals surface area (Å²) in [4.78, 5) is 0. The van der Waals surface area contributed by atoms with Crippen LogP contribution in [0.15, 0.2) is 24.3 Å². The summed E-state index contributed by atoms with van der Waals surface area (Å²) in [5.41, 5.74) is -0.290. The van der Waals surface area contributed by atoms with Crippen molar-refractivity contribution < 1.29 is 17.9 Å². The Kier molecular flexibility index (Phi) is 12.4. The van der Waals surface area contributed by atoms with Crippen LogP contribution < -0.4 is 5.32 Å². The standard InChI is InChI=1S/C21H34F3NO/c1-2-3-4-5-6-7-8-9-12-16-26-17-15-25-18-19-13-10-11-14-20(19)21(22,23)24/h10-11,13-14,25H,2-9,12,15-18H2,1H3. The minimum atomic E-state index is -4.30. The van der Waals surface area contributed by atoms with Crippen molar-refractivity contribution in [1.29, 1.82) is 0 Å². The summed E-state index contributed by atoms with van der Waals surface area (Å²) >= 11 is 0. The second-order valence-electron chi connectivity index (χ2n) is 6.77. The predicted octanol–water partition coefficient (Wildman–Crippen LogP) is 6.34. The van der Waals surface area contributed by atoms with E-state index in [2.05, 4.69) is 12.2 Å². The summed E-state index contributed by atoms with van der Waals surface area (Å²) in [5, 5.41) is 3.02. The van der Waals surface area contributed by atoms with Crippen molar-refractivity contribution in [2.24, 2.45) is 0 Å². The van der Waals surface area contributed by atoms with Gasteiger partial charge >= 0.3 is 6.18 Å². The molecule has 0 aliphatic rings. The topological polar surface area (TPSA) is 21.3 Å². The first-order valence-electron chi connectivity index (χ1n) is 9.99. The van der Waals surface area contributed by atoms with Crippen molar-refractivity contribution >= 4 is 0 Å². The van der Waals surface area contributed by atoms with Crippen LogP contribution in [-0.4, -0.2) is 19.8 Å². The molecule has 0 saturated heterocycles. The van der Waals surface area contributed by atoms with Crippen LogP contribution in [0.3, 0.4) is 0 Å². The smallest absolute Gasteiger partial charge is 0.380 e. The quantitative estimate of drug-likeness (QED) is 0.362. The van der Waals surface area contributed by atoms with E-state index in [1.54, 1.807) is 6.07 Å². The van der Waals surface area contributed by atoms with Crippen LogP contribution in [0.4, 0.5) is 13.2 Å². The largest absolute Gasteiger partial charge is 0.416 e. The molecule has 150 valence electrons. The fourth-order valence-corrected chi connectivity index (χ4v) is 2.94. The molecule has 1 N–H and O–H groups in total. The Morgan fingerprint density at radius 1 is 0.846 bits per heavy atom. The highest BCUT2D eigenvalue weighted by Gasteiger charge is 2.32. The zero-order valence-electron chi connectivity index (χ0n) is 16.0. The molecular formula is C21H34F3NO. The summed E-state index contributed by atoms with van der Waals surface area (Å²) in [6.07, 6.45) is 7.23. The minimum absolute atomic E-state index is 0.205. The molecule has 0 heterocycles. The van der Waals surface area contributed by atoms with Crippen molar-refractivity contribution in [2.75, 3.05) is 19.8 Å². The van der Waals surface area contributed by atoms with Crippen LogP contribution in [0, 0.1) is 0 Å². The molecule has 1 rings (SSSR count). The number of halogens is 3. The lowest BCUT2D eigenvalue weighted by molar-refractivity contribution is -0.138. The maximum atomic E-state index is 12.9. The van der Waals surface area contributed by atoms with Crippen LogP contribution in [-0.2, 0) is 17.5 Å². The lowest BCUT2D eigenvalue weighted by Crippen LogP contribution is -2.21. The average Bonchev–Trinajstić information content (AvgIpc) is 2.61. The fraction of sp³-hybridized carbons (Fsp3) is 0.714. The Morgan fingerprint density at radius 2 is 1.46 bits per heavy atom. The third-order valence-corrected chi connectivity index (χ3v) is 4.45. The maximum Gasteiger partial charge on any atom is 0.416 e. The highest BCUT2D eigenvalue weighted by atomic mass is 19.4. The second-order valence-corrected chi connectivity index (χ2v) is 6.77. The molecule has 1 aromatic rings. The Bertz CT molecular complexity index is 463. The molecule has 5 heteroatoms. The zero-order chi connectivity index (χ0) is 19.1. The molecule has 0 aliphatic heterocycles. The molecule has 0 atom stereocenters. The van der Waals surface area contributed by atoms with Gasteiger partial charge in [0.25, 0.3) is 0 Å². The monoisotopic (exact) mass is 373 g/mol. The van der Waals surface area contributed by atoms with E-state index in [1.807, 2.05) is 0 Å². The van der Waals surface area contributed by atoms with E-state index in [0.717, 1.165) is 19.1 Å². The molecule has 0 radical (unpaired) electrons. The Balaban J connectivity index is 1.96. The van der Waals surface area contributed by atoms with Gasteiger partial charge in [0.15, 0.2) is 0 Å². The van der Waals surface area contributed by atoms with Crippen LogP contribution in [0.25, 0.3) is 0 Å². The van der Waals surface area contributed by atoms with Gasteiger partial charge in [-0.2, -0.15) is 13.2 Å². The second kappa shape index (κ2) is 14.0. The fourth-order valence-electron chi connectivity index (χ4n) is 2.94. The summed E-state index contributed by atoms with van der Waals surface area (Å²) in [5.74, 6) is 0. The van der Waals surface area contributed by atoms with Crippen molar-refractivity contribution in [2.45, 2.75) is 77.4 Å². The van der Waals surface area contributed by atoms with Crippen molar-refractivity contribution in [1.82, 2.24) is 5.32 Å². The molecule has 26 heavy (non-hydrogen) atoms. The zero-order valence-corrected chi connectivity index (χ0v) is 16.0. The molecule has 0 spiro atoms. The van der Waals surface area contributed by atoms with Gasteiger partial charge in [-0.05, 0) is 18.1 Å². The molecule has 0 fully saturated rings. The first kappa shape index (κ1) is 23.0. The molecule has 0 aliphatic carbocycles. The van der Waals surface area contributed by atoms with E-state index < -0.39 is 11.7 Å². The third-order valence-electron chi connectivity index (χ3n) is 4.45. The highest BCUT2D eigenvalue weighted by molar-refractivity contribution is 5.29. The van der Waals surface area contributed by atoms with Gasteiger partial charge in [0.1, 0.15) is 0 Å². The van der Waals surface area contributed by atoms with E-state index in [0.29, 0.717) is 13.2 Å². The molecule has 0 saturated carbocycles. The number of hydrogen-bond acceptors (Lipinski definition) is 2. The van der Waals surface area contributed by atoms with E-state index in [4.69, 9.17) is 4.74 Å². The first-order valence-corrected chi connectivity index (χ1v) is 9.99. The van der Waals surface area contributed by atoms with E-state index in [9.17, 15) is 13.2 Å². The number of benzene rings is 1. The highest BCUT2D eigenvalue weighted by Crippen LogP contribution is 2.31. The molecule has 0 bridgehead atoms. The van der Waals surface area contributed by atoms with Crippen LogP contribution >= 0.6 is 0 Å². The van der Waals surface area contributed by atoms with Crippen molar-refractivity contribution in [3.05, 3.63) is 35.4 Å². The van der Waals surface area contributed by atoms with Gasteiger partial charge in [-0.3, -0.25) is 0 Å². The third kappa shape index (κ3) is 10.8. The van der Waals surface area contributed by atoms with Gasteiger partial charge in [0, 0.05) is 19.7 Å². The van der Waals surface area contributed by atoms with Crippen molar-refractivity contribution in [3.8, 4) is 0 Å². The molecular weight excluding hydrogens is 339 g/mol. The number of unbranched alkanes of at least 4 members (excludes halogenated alkanes) is 8. The number of ether oxygens (including phenoxy) is 1. The van der Waals surface area contributed by atoms with Crippen molar-refractivity contribution in [3.63, 3.8) is 0 Å². The number of alkyl halides is 3. The molecule has 2 nitrogen and oxygen atoms in total. The molecule has 1 aromatic carbocycles. The SMILES string of the molecule is CCCCCCCCCCCOCCNCc1ccccc1C(F)(F)F. The van der Waals surface area contributed by atoms with Gasteiger partial charge < -0.3 is 10.1 Å². The lowest BCUT2D eigenvalue weighted by Gasteiger charge is -2.13. The summed E-state index contributed by atoms with van der Waals surface area (Å²) in [6, 6.07) is 5.68. The molecule has 0 unspecified atom stereocenters. The molecule has 0 aromatic heterocycles. The minimum Gasteiger partial charge on any atom is -0.380 e. The van der Waals surface area contributed by atoms with E-state index >= 15 is 0 Å². The Morgan fingerprint density at radius 3 is 2.12 bits per heavy atom. The van der Waals surface area contributed by atoms with Gasteiger partial charge in [0.05, 0.1) is 12.2 Å². The summed E-state index contributed by atoms with van der Waals surface area (Å²) < 4.78 is 44.2. The van der Waals surface area contributed by atoms with Crippen LogP contribution in [0.1, 0.15) is 75.8 Å².